The number of nitrogens with one attached hydrogen (secondary N) is 2. The van der Waals surface area contributed by atoms with E-state index in [0.29, 0.717) is 0 Å². The topological polar surface area (TPSA) is 114 Å². The number of carbonyl (C=O) groups excluding carboxylic acids is 4. The second-order valence-corrected chi connectivity index (χ2v) is 12.0. The Morgan fingerprint density at radius 1 is 0.973 bits per heavy atom. The summed E-state index contributed by atoms with van der Waals surface area (Å²) in [6.07, 6.45) is -0.491. The van der Waals surface area contributed by atoms with Gasteiger partial charge >= 0.3 is 12.1 Å². The predicted molar refractivity (Wildman–Crippen MR) is 141 cm³/mol. The molecule has 0 radical (unpaired) electrons. The lowest BCUT2D eigenvalue weighted by molar-refractivity contribution is -0.157. The molecule has 1 saturated heterocycles. The molecule has 0 saturated carbocycles. The molecule has 1 heterocycles. The number of rotatable bonds is 8. The van der Waals surface area contributed by atoms with Gasteiger partial charge in [-0.1, -0.05) is 44.2 Å². The molecule has 9 nitrogen and oxygen atoms in total. The second kappa shape index (κ2) is 12.1. The van der Waals surface area contributed by atoms with E-state index in [1.54, 1.807) is 48.5 Å². The van der Waals surface area contributed by atoms with Gasteiger partial charge in [0.15, 0.2) is 0 Å². The summed E-state index contributed by atoms with van der Waals surface area (Å²) in [7, 11) is 0. The standard InChI is InChI=1S/C28H43N3O6/c1-17(2)23-20(29-18(3)25(34)36-27(4,5)6)16-22(32)31(23)24(33)21(15-19-13-11-10-12-14-19)30-26(35)37-28(7,8)9/h10-14,17-18,20-21,23,29H,15-16H2,1-9H3,(H,30,35)/t18-,20-,21-,23-/m0/s1. The molecule has 0 aliphatic carbocycles. The molecule has 1 aliphatic heterocycles. The molecule has 206 valence electrons. The van der Waals surface area contributed by atoms with Gasteiger partial charge in [0.25, 0.3) is 5.91 Å². The lowest BCUT2D eigenvalue weighted by Crippen LogP contribution is -2.57. The minimum absolute atomic E-state index is 0.0478. The third-order valence-corrected chi connectivity index (χ3v) is 5.79. The van der Waals surface area contributed by atoms with E-state index >= 15 is 0 Å². The summed E-state index contributed by atoms with van der Waals surface area (Å²) >= 11 is 0. The molecule has 37 heavy (non-hydrogen) atoms. The first-order chi connectivity index (χ1) is 17.0. The molecular formula is C28H43N3O6. The second-order valence-electron chi connectivity index (χ2n) is 12.0. The first-order valence-electron chi connectivity index (χ1n) is 12.9. The van der Waals surface area contributed by atoms with E-state index in [1.807, 2.05) is 44.2 Å². The van der Waals surface area contributed by atoms with Gasteiger partial charge in [0, 0.05) is 18.9 Å². The number of hydrogen-bond acceptors (Lipinski definition) is 7. The summed E-state index contributed by atoms with van der Waals surface area (Å²) < 4.78 is 10.9. The Hall–Kier alpha value is -2.94. The van der Waals surface area contributed by atoms with Gasteiger partial charge < -0.3 is 14.8 Å². The van der Waals surface area contributed by atoms with Gasteiger partial charge in [-0.3, -0.25) is 24.6 Å². The summed E-state index contributed by atoms with van der Waals surface area (Å²) in [5.74, 6) is -1.40. The summed E-state index contributed by atoms with van der Waals surface area (Å²) in [6, 6.07) is 6.63. The fourth-order valence-corrected chi connectivity index (χ4v) is 4.39. The number of likely N-dealkylation sites (tertiary alicyclic amines) is 1. The van der Waals surface area contributed by atoms with E-state index in [-0.39, 0.29) is 24.7 Å². The molecule has 0 unspecified atom stereocenters. The van der Waals surface area contributed by atoms with E-state index < -0.39 is 53.3 Å². The van der Waals surface area contributed by atoms with Gasteiger partial charge in [-0.2, -0.15) is 0 Å². The maximum atomic E-state index is 13.8. The number of amides is 3. The van der Waals surface area contributed by atoms with E-state index in [2.05, 4.69) is 10.6 Å². The first-order valence-corrected chi connectivity index (χ1v) is 12.9. The number of hydrogen-bond donors (Lipinski definition) is 2. The Bertz CT molecular complexity index is 964. The van der Waals surface area contributed by atoms with Crippen LogP contribution >= 0.6 is 0 Å². The molecule has 0 aromatic heterocycles. The van der Waals surface area contributed by atoms with Crippen molar-refractivity contribution in [1.29, 1.82) is 0 Å². The average Bonchev–Trinajstić information content (AvgIpc) is 3.06. The molecule has 0 spiro atoms. The van der Waals surface area contributed by atoms with Gasteiger partial charge in [-0.05, 0) is 59.9 Å². The van der Waals surface area contributed by atoms with Crippen molar-refractivity contribution in [2.75, 3.05) is 0 Å². The van der Waals surface area contributed by atoms with Crippen LogP contribution < -0.4 is 10.6 Å². The van der Waals surface area contributed by atoms with Crippen molar-refractivity contribution < 1.29 is 28.7 Å². The van der Waals surface area contributed by atoms with Crippen LogP contribution in [0.3, 0.4) is 0 Å². The third-order valence-electron chi connectivity index (χ3n) is 5.79. The van der Waals surface area contributed by atoms with Crippen LogP contribution in [0.25, 0.3) is 0 Å². The van der Waals surface area contributed by atoms with Crippen LogP contribution in [0, 0.1) is 5.92 Å². The van der Waals surface area contributed by atoms with Crippen LogP contribution in [-0.2, 0) is 30.3 Å². The van der Waals surface area contributed by atoms with Crippen molar-refractivity contribution >= 4 is 23.9 Å². The quantitative estimate of drug-likeness (QED) is 0.507. The van der Waals surface area contributed by atoms with Crippen LogP contribution in [0.5, 0.6) is 0 Å². The molecule has 0 bridgehead atoms. The van der Waals surface area contributed by atoms with Crippen LogP contribution in [0.1, 0.15) is 74.3 Å². The largest absolute Gasteiger partial charge is 0.459 e. The van der Waals surface area contributed by atoms with Gasteiger partial charge in [0.2, 0.25) is 5.91 Å². The van der Waals surface area contributed by atoms with Crippen molar-refractivity contribution in [1.82, 2.24) is 15.5 Å². The van der Waals surface area contributed by atoms with Crippen molar-refractivity contribution in [3.05, 3.63) is 35.9 Å². The number of esters is 1. The lowest BCUT2D eigenvalue weighted by Gasteiger charge is -2.34. The zero-order valence-corrected chi connectivity index (χ0v) is 23.6. The number of ether oxygens (including phenoxy) is 2. The highest BCUT2D eigenvalue weighted by molar-refractivity contribution is 6.01. The Balaban J connectivity index is 2.29. The minimum atomic E-state index is -1.01. The van der Waals surface area contributed by atoms with Crippen molar-refractivity contribution in [2.45, 2.75) is 111 Å². The zero-order chi connectivity index (χ0) is 28.1. The highest BCUT2D eigenvalue weighted by Gasteiger charge is 2.47. The molecule has 9 heteroatoms. The normalized spacial score (nSPS) is 19.9. The van der Waals surface area contributed by atoms with Crippen molar-refractivity contribution in [3.63, 3.8) is 0 Å². The molecule has 1 aromatic carbocycles. The number of nitrogens with zero attached hydrogens (tertiary/aromatic N) is 1. The molecule has 1 aliphatic rings. The number of imide groups is 1. The van der Waals surface area contributed by atoms with Gasteiger partial charge in [-0.15, -0.1) is 0 Å². The Morgan fingerprint density at radius 3 is 2.05 bits per heavy atom. The summed E-state index contributed by atoms with van der Waals surface area (Å²) in [5, 5.41) is 5.89. The van der Waals surface area contributed by atoms with E-state index in [4.69, 9.17) is 9.47 Å². The van der Waals surface area contributed by atoms with Crippen molar-refractivity contribution in [3.8, 4) is 0 Å². The van der Waals surface area contributed by atoms with E-state index in [0.717, 1.165) is 5.56 Å². The van der Waals surface area contributed by atoms with Crippen LogP contribution in [0.2, 0.25) is 0 Å². The monoisotopic (exact) mass is 517 g/mol. The molecule has 2 rings (SSSR count). The molecule has 1 aromatic rings. The number of benzene rings is 1. The molecule has 1 fully saturated rings. The van der Waals surface area contributed by atoms with Crippen LogP contribution in [-0.4, -0.2) is 64.1 Å². The maximum Gasteiger partial charge on any atom is 0.408 e. The minimum Gasteiger partial charge on any atom is -0.459 e. The maximum absolute atomic E-state index is 13.8. The zero-order valence-electron chi connectivity index (χ0n) is 23.6. The predicted octanol–water partition coefficient (Wildman–Crippen LogP) is 3.59. The van der Waals surface area contributed by atoms with E-state index in [9.17, 15) is 19.2 Å². The Morgan fingerprint density at radius 2 is 1.54 bits per heavy atom. The molecule has 4 atom stereocenters. The summed E-state index contributed by atoms with van der Waals surface area (Å²) in [4.78, 5) is 53.5. The lowest BCUT2D eigenvalue weighted by atomic mass is 9.95. The Kier molecular flexibility index (Phi) is 9.88. The number of alkyl carbamates (subject to hydrolysis) is 1. The fourth-order valence-electron chi connectivity index (χ4n) is 4.39. The van der Waals surface area contributed by atoms with Crippen molar-refractivity contribution in [2.24, 2.45) is 5.92 Å². The van der Waals surface area contributed by atoms with Gasteiger partial charge in [0.1, 0.15) is 23.3 Å². The summed E-state index contributed by atoms with van der Waals surface area (Å²) in [6.45, 7) is 16.1. The number of carbonyl (C=O) groups is 4. The highest BCUT2D eigenvalue weighted by Crippen LogP contribution is 2.28. The highest BCUT2D eigenvalue weighted by atomic mass is 16.6. The molecule has 2 N–H and O–H groups in total. The van der Waals surface area contributed by atoms with Gasteiger partial charge in [-0.25, -0.2) is 4.79 Å². The Labute approximate surface area is 220 Å². The smallest absolute Gasteiger partial charge is 0.408 e. The third kappa shape index (κ3) is 9.14. The average molecular weight is 518 g/mol. The fraction of sp³-hybridized carbons (Fsp3) is 0.643. The van der Waals surface area contributed by atoms with Crippen LogP contribution in [0.15, 0.2) is 30.3 Å². The molecule has 3 amide bonds. The van der Waals surface area contributed by atoms with E-state index in [1.165, 1.54) is 4.90 Å². The van der Waals surface area contributed by atoms with Crippen LogP contribution in [0.4, 0.5) is 4.79 Å². The first kappa shape index (κ1) is 30.3. The van der Waals surface area contributed by atoms with Gasteiger partial charge in [0.05, 0.1) is 6.04 Å². The molecular weight excluding hydrogens is 474 g/mol. The summed E-state index contributed by atoms with van der Waals surface area (Å²) in [5.41, 5.74) is -0.560. The SMILES string of the molecule is CC(C)[C@H]1[C@@H](N[C@@H](C)C(=O)OC(C)(C)C)CC(=O)N1C(=O)[C@H](Cc1ccccc1)NC(=O)OC(C)(C)C.